The van der Waals surface area contributed by atoms with E-state index in [1.165, 1.54) is 37.6 Å². The Balaban J connectivity index is 1.28. The molecule has 2 heterocycles. The van der Waals surface area contributed by atoms with Gasteiger partial charge < -0.3 is 10.2 Å². The average molecular weight is 424 g/mol. The number of piperidine rings is 1. The van der Waals surface area contributed by atoms with Crippen LogP contribution in [0.5, 0.6) is 0 Å². The van der Waals surface area contributed by atoms with Gasteiger partial charge in [0, 0.05) is 38.2 Å². The fourth-order valence-electron chi connectivity index (χ4n) is 4.41. The van der Waals surface area contributed by atoms with Gasteiger partial charge in [0.25, 0.3) is 0 Å². The van der Waals surface area contributed by atoms with Gasteiger partial charge in [0.2, 0.25) is 11.8 Å². The van der Waals surface area contributed by atoms with Crippen molar-refractivity contribution in [2.45, 2.75) is 45.3 Å². The van der Waals surface area contributed by atoms with Crippen LogP contribution in [0, 0.1) is 11.7 Å². The van der Waals surface area contributed by atoms with Crippen LogP contribution >= 0.6 is 0 Å². The van der Waals surface area contributed by atoms with Gasteiger partial charge in [0.15, 0.2) is 0 Å². The first-order chi connectivity index (χ1) is 15.1. The van der Waals surface area contributed by atoms with E-state index in [0.717, 1.165) is 12.1 Å². The van der Waals surface area contributed by atoms with E-state index in [9.17, 15) is 14.0 Å². The monoisotopic (exact) mass is 423 g/mol. The van der Waals surface area contributed by atoms with Crippen LogP contribution in [-0.2, 0) is 29.2 Å². The molecule has 5 nitrogen and oxygen atoms in total. The molecule has 31 heavy (non-hydrogen) atoms. The summed E-state index contributed by atoms with van der Waals surface area (Å²) in [5.74, 6) is -0.665. The van der Waals surface area contributed by atoms with E-state index in [-0.39, 0.29) is 30.1 Å². The molecule has 0 saturated carbocycles. The minimum absolute atomic E-state index is 0.0269. The number of rotatable bonds is 7. The quantitative estimate of drug-likeness (QED) is 0.742. The summed E-state index contributed by atoms with van der Waals surface area (Å²) in [7, 11) is 0. The zero-order valence-corrected chi connectivity index (χ0v) is 17.9. The minimum atomic E-state index is -0.324. The molecule has 2 aliphatic rings. The van der Waals surface area contributed by atoms with Crippen LogP contribution in [-0.4, -0.2) is 41.2 Å². The minimum Gasteiger partial charge on any atom is -0.352 e. The molecule has 0 aromatic heterocycles. The average Bonchev–Trinajstić information content (AvgIpc) is 3.29. The number of nitrogens with one attached hydrogen (secondary N) is 1. The maximum absolute atomic E-state index is 14.0. The highest BCUT2D eigenvalue weighted by Crippen LogP contribution is 2.21. The van der Waals surface area contributed by atoms with Crippen LogP contribution in [0.25, 0.3) is 0 Å². The van der Waals surface area contributed by atoms with Crippen molar-refractivity contribution in [2.24, 2.45) is 5.92 Å². The van der Waals surface area contributed by atoms with Gasteiger partial charge in [-0.2, -0.15) is 0 Å². The molecule has 2 aromatic carbocycles. The molecule has 2 aromatic rings. The van der Waals surface area contributed by atoms with Gasteiger partial charge in [-0.1, -0.05) is 42.5 Å². The molecular weight excluding hydrogens is 393 g/mol. The summed E-state index contributed by atoms with van der Waals surface area (Å²) in [6.45, 7) is 4.34. The molecule has 0 bridgehead atoms. The molecule has 1 N–H and O–H groups in total. The van der Waals surface area contributed by atoms with Gasteiger partial charge in [0.05, 0.1) is 5.92 Å². The third kappa shape index (κ3) is 5.70. The van der Waals surface area contributed by atoms with E-state index < -0.39 is 0 Å². The van der Waals surface area contributed by atoms with Crippen LogP contribution in [0.15, 0.2) is 48.5 Å². The van der Waals surface area contributed by atoms with E-state index >= 15 is 0 Å². The van der Waals surface area contributed by atoms with E-state index in [0.29, 0.717) is 31.5 Å². The lowest BCUT2D eigenvalue weighted by molar-refractivity contribution is -0.139. The number of nitrogens with zero attached hydrogens (tertiary/aromatic N) is 2. The Morgan fingerprint density at radius 3 is 2.45 bits per heavy atom. The molecule has 164 valence electrons. The van der Waals surface area contributed by atoms with Crippen molar-refractivity contribution in [3.63, 3.8) is 0 Å². The maximum Gasteiger partial charge on any atom is 0.225 e. The molecule has 2 saturated heterocycles. The maximum atomic E-state index is 14.0. The third-order valence-electron chi connectivity index (χ3n) is 6.28. The van der Waals surface area contributed by atoms with Gasteiger partial charge in [-0.3, -0.25) is 14.5 Å². The molecule has 4 rings (SSSR count). The van der Waals surface area contributed by atoms with Gasteiger partial charge in [0.1, 0.15) is 5.82 Å². The summed E-state index contributed by atoms with van der Waals surface area (Å²) >= 11 is 0. The zero-order valence-electron chi connectivity index (χ0n) is 17.9. The Morgan fingerprint density at radius 1 is 1.00 bits per heavy atom. The number of benzene rings is 2. The Morgan fingerprint density at radius 2 is 1.71 bits per heavy atom. The normalized spacial score (nSPS) is 19.6. The lowest BCUT2D eigenvalue weighted by atomic mass is 9.96. The highest BCUT2D eigenvalue weighted by Gasteiger charge is 2.30. The largest absolute Gasteiger partial charge is 0.352 e. The molecule has 2 aliphatic heterocycles. The molecule has 0 radical (unpaired) electrons. The number of carbonyl (C=O) groups excluding carboxylic acids is 2. The molecule has 0 aliphatic carbocycles. The van der Waals surface area contributed by atoms with Crippen molar-refractivity contribution in [3.05, 3.63) is 71.0 Å². The smallest absolute Gasteiger partial charge is 0.225 e. The number of hydrogen-bond acceptors (Lipinski definition) is 3. The predicted molar refractivity (Wildman–Crippen MR) is 117 cm³/mol. The van der Waals surface area contributed by atoms with E-state index in [2.05, 4.69) is 34.5 Å². The highest BCUT2D eigenvalue weighted by molar-refractivity contribution is 5.83. The number of carbonyl (C=O) groups is 2. The van der Waals surface area contributed by atoms with Crippen molar-refractivity contribution in [1.82, 2.24) is 15.1 Å². The van der Waals surface area contributed by atoms with Crippen molar-refractivity contribution < 1.29 is 14.0 Å². The van der Waals surface area contributed by atoms with Gasteiger partial charge >= 0.3 is 0 Å². The first kappa shape index (κ1) is 21.5. The third-order valence-corrected chi connectivity index (χ3v) is 6.28. The SMILES string of the molecule is O=C(NCc1ccc(CN2CCCC2)cc1)C1CCC(=O)N(Cc2ccccc2F)C1. The number of hydrogen-bond donors (Lipinski definition) is 1. The molecule has 2 amide bonds. The molecule has 1 unspecified atom stereocenters. The van der Waals surface area contributed by atoms with Crippen molar-refractivity contribution in [1.29, 1.82) is 0 Å². The summed E-state index contributed by atoms with van der Waals surface area (Å²) in [5, 5.41) is 3.01. The fraction of sp³-hybridized carbons (Fsp3) is 0.440. The summed E-state index contributed by atoms with van der Waals surface area (Å²) in [6, 6.07) is 14.9. The second-order valence-electron chi connectivity index (χ2n) is 8.62. The predicted octanol–water partition coefficient (Wildman–Crippen LogP) is 3.48. The lowest BCUT2D eigenvalue weighted by Gasteiger charge is -2.32. The molecule has 6 heteroatoms. The fourth-order valence-corrected chi connectivity index (χ4v) is 4.41. The molecular formula is C25H30FN3O2. The Kier molecular flexibility index (Phi) is 6.97. The Bertz CT molecular complexity index is 909. The molecule has 1 atom stereocenters. The second kappa shape index (κ2) is 10.1. The number of amides is 2. The zero-order chi connectivity index (χ0) is 21.6. The van der Waals surface area contributed by atoms with Crippen LogP contribution < -0.4 is 5.32 Å². The van der Waals surface area contributed by atoms with Crippen LogP contribution in [0.4, 0.5) is 4.39 Å². The standard InChI is InChI=1S/C25H30FN3O2/c26-23-6-2-1-5-21(23)17-29-18-22(11-12-24(29)30)25(31)27-15-19-7-9-20(10-8-19)16-28-13-3-4-14-28/h1-2,5-10,22H,3-4,11-18H2,(H,27,31). The second-order valence-corrected chi connectivity index (χ2v) is 8.62. The van der Waals surface area contributed by atoms with Gasteiger partial charge in [-0.15, -0.1) is 0 Å². The number of likely N-dealkylation sites (tertiary alicyclic amines) is 2. The van der Waals surface area contributed by atoms with E-state index in [4.69, 9.17) is 0 Å². The first-order valence-electron chi connectivity index (χ1n) is 11.2. The van der Waals surface area contributed by atoms with Gasteiger partial charge in [-0.25, -0.2) is 4.39 Å². The molecule has 2 fully saturated rings. The van der Waals surface area contributed by atoms with Crippen molar-refractivity contribution >= 4 is 11.8 Å². The van der Waals surface area contributed by atoms with Crippen LogP contribution in [0.3, 0.4) is 0 Å². The lowest BCUT2D eigenvalue weighted by Crippen LogP contribution is -2.45. The summed E-state index contributed by atoms with van der Waals surface area (Å²) in [4.78, 5) is 29.1. The van der Waals surface area contributed by atoms with Crippen molar-refractivity contribution in [3.8, 4) is 0 Å². The van der Waals surface area contributed by atoms with Crippen LogP contribution in [0.1, 0.15) is 42.4 Å². The Labute approximate surface area is 183 Å². The highest BCUT2D eigenvalue weighted by atomic mass is 19.1. The summed E-state index contributed by atoms with van der Waals surface area (Å²) in [5.41, 5.74) is 2.84. The molecule has 0 spiro atoms. The Hall–Kier alpha value is -2.73. The van der Waals surface area contributed by atoms with Crippen molar-refractivity contribution in [2.75, 3.05) is 19.6 Å². The van der Waals surface area contributed by atoms with Gasteiger partial charge in [-0.05, 0) is 49.5 Å². The summed E-state index contributed by atoms with van der Waals surface area (Å²) in [6.07, 6.45) is 3.42. The van der Waals surface area contributed by atoms with E-state index in [1.54, 1.807) is 23.1 Å². The topological polar surface area (TPSA) is 52.7 Å². The van der Waals surface area contributed by atoms with E-state index in [1.807, 2.05) is 0 Å². The summed E-state index contributed by atoms with van der Waals surface area (Å²) < 4.78 is 14.0. The first-order valence-corrected chi connectivity index (χ1v) is 11.2. The van der Waals surface area contributed by atoms with Crippen LogP contribution in [0.2, 0.25) is 0 Å². The number of halogens is 1.